The van der Waals surface area contributed by atoms with Gasteiger partial charge in [0.1, 0.15) is 11.5 Å². The van der Waals surface area contributed by atoms with Gasteiger partial charge in [-0.15, -0.1) is 0 Å². The van der Waals surface area contributed by atoms with Crippen molar-refractivity contribution < 1.29 is 13.9 Å². The van der Waals surface area contributed by atoms with Crippen LogP contribution in [0.2, 0.25) is 5.02 Å². The molecule has 3 aromatic rings. The molecule has 112 valence electrons. The van der Waals surface area contributed by atoms with E-state index >= 15 is 0 Å². The van der Waals surface area contributed by atoms with Gasteiger partial charge in [0, 0.05) is 16.5 Å². The number of carbonyl (C=O) groups excluding carboxylic acids is 1. The topological polar surface area (TPSA) is 51.5 Å². The van der Waals surface area contributed by atoms with Gasteiger partial charge in [-0.3, -0.25) is 4.79 Å². The fourth-order valence-corrected chi connectivity index (χ4v) is 2.61. The number of hydrogen-bond donors (Lipinski definition) is 1. The summed E-state index contributed by atoms with van der Waals surface area (Å²) in [6.07, 6.45) is 0. The molecule has 2 aromatic carbocycles. The Balaban J connectivity index is 1.92. The molecule has 4 nitrogen and oxygen atoms in total. The number of ether oxygens (including phenoxy) is 1. The molecule has 0 radical (unpaired) electrons. The molecule has 3 rings (SSSR count). The molecule has 1 N–H and O–H groups in total. The Morgan fingerprint density at radius 1 is 1.18 bits per heavy atom. The molecule has 1 heterocycles. The lowest BCUT2D eigenvalue weighted by molar-refractivity contribution is 0.0997. The first kappa shape index (κ1) is 14.5. The van der Waals surface area contributed by atoms with E-state index in [4.69, 9.17) is 20.8 Å². The van der Waals surface area contributed by atoms with Crippen LogP contribution in [0.3, 0.4) is 0 Å². The minimum absolute atomic E-state index is 0.292. The van der Waals surface area contributed by atoms with Crippen LogP contribution in [0.4, 0.5) is 5.69 Å². The number of rotatable bonds is 3. The number of nitrogens with one attached hydrogen (secondary N) is 1. The number of carbonyl (C=O) groups is 1. The number of furan rings is 1. The van der Waals surface area contributed by atoms with E-state index in [9.17, 15) is 4.79 Å². The number of aryl methyl sites for hydroxylation is 1. The molecule has 22 heavy (non-hydrogen) atoms. The number of fused-ring (bicyclic) bond motifs is 1. The lowest BCUT2D eigenvalue weighted by atomic mass is 10.1. The predicted octanol–water partition coefficient (Wildman–Crippen LogP) is 4.66. The summed E-state index contributed by atoms with van der Waals surface area (Å²) in [5, 5.41) is 4.93. The minimum atomic E-state index is -0.314. The summed E-state index contributed by atoms with van der Waals surface area (Å²) < 4.78 is 10.7. The van der Waals surface area contributed by atoms with Crippen LogP contribution in [0, 0.1) is 6.92 Å². The molecule has 0 atom stereocenters. The van der Waals surface area contributed by atoms with Crippen molar-refractivity contribution in [3.63, 3.8) is 0 Å². The third-order valence-electron chi connectivity index (χ3n) is 3.42. The minimum Gasteiger partial charge on any atom is -0.495 e. The second-order valence-electron chi connectivity index (χ2n) is 4.84. The molecule has 0 bridgehead atoms. The van der Waals surface area contributed by atoms with Crippen molar-refractivity contribution in [2.45, 2.75) is 6.92 Å². The third-order valence-corrected chi connectivity index (χ3v) is 3.72. The first-order valence-corrected chi connectivity index (χ1v) is 7.11. The van der Waals surface area contributed by atoms with E-state index in [0.717, 1.165) is 10.8 Å². The van der Waals surface area contributed by atoms with E-state index in [1.165, 1.54) is 7.11 Å². The van der Waals surface area contributed by atoms with Crippen molar-refractivity contribution in [3.05, 3.63) is 59.0 Å². The number of anilines is 1. The van der Waals surface area contributed by atoms with Gasteiger partial charge in [0.05, 0.1) is 12.1 Å². The molecule has 0 aliphatic rings. The third kappa shape index (κ3) is 2.53. The zero-order chi connectivity index (χ0) is 15.7. The smallest absolute Gasteiger partial charge is 0.292 e. The number of benzene rings is 2. The molecule has 5 heteroatoms. The summed E-state index contributed by atoms with van der Waals surface area (Å²) >= 11 is 6.06. The molecule has 0 aliphatic carbocycles. The van der Waals surface area contributed by atoms with Crippen LogP contribution in [0.25, 0.3) is 10.8 Å². The standard InChI is InChI=1S/C17H14ClNO3/c1-10-12-5-3-4-6-13(12)16(22-10)17(20)19-11-7-8-15(21-2)14(18)9-11/h3-9H,1-2H3,(H,19,20). The SMILES string of the molecule is COc1ccc(NC(=O)c2oc(C)c3ccccc23)cc1Cl. The van der Waals surface area contributed by atoms with Crippen LogP contribution in [0.5, 0.6) is 5.75 Å². The average Bonchev–Trinajstić information content (AvgIpc) is 2.85. The Morgan fingerprint density at radius 3 is 2.59 bits per heavy atom. The lowest BCUT2D eigenvalue weighted by Gasteiger charge is -2.07. The molecule has 0 saturated heterocycles. The van der Waals surface area contributed by atoms with E-state index in [1.54, 1.807) is 18.2 Å². The van der Waals surface area contributed by atoms with Crippen molar-refractivity contribution in [1.82, 2.24) is 0 Å². The fraction of sp³-hybridized carbons (Fsp3) is 0.118. The van der Waals surface area contributed by atoms with Gasteiger partial charge in [-0.25, -0.2) is 0 Å². The van der Waals surface area contributed by atoms with E-state index in [1.807, 2.05) is 31.2 Å². The quantitative estimate of drug-likeness (QED) is 0.765. The highest BCUT2D eigenvalue weighted by molar-refractivity contribution is 6.32. The van der Waals surface area contributed by atoms with Crippen molar-refractivity contribution in [1.29, 1.82) is 0 Å². The van der Waals surface area contributed by atoms with Crippen LogP contribution in [0.1, 0.15) is 16.3 Å². The summed E-state index contributed by atoms with van der Waals surface area (Å²) in [7, 11) is 1.54. The summed E-state index contributed by atoms with van der Waals surface area (Å²) in [6, 6.07) is 12.6. The highest BCUT2D eigenvalue weighted by Crippen LogP contribution is 2.29. The fourth-order valence-electron chi connectivity index (χ4n) is 2.35. The molecule has 0 aliphatic heterocycles. The Labute approximate surface area is 132 Å². The summed E-state index contributed by atoms with van der Waals surface area (Å²) in [5.41, 5.74) is 0.578. The normalized spacial score (nSPS) is 10.7. The Kier molecular flexibility index (Phi) is 3.77. The Morgan fingerprint density at radius 2 is 1.91 bits per heavy atom. The molecule has 0 spiro atoms. The Bertz CT molecular complexity index is 854. The summed E-state index contributed by atoms with van der Waals surface area (Å²) in [4.78, 5) is 12.4. The first-order chi connectivity index (χ1) is 10.6. The van der Waals surface area contributed by atoms with Gasteiger partial charge in [0.15, 0.2) is 5.76 Å². The van der Waals surface area contributed by atoms with Crippen molar-refractivity contribution in [2.24, 2.45) is 0 Å². The molecule has 1 aromatic heterocycles. The van der Waals surface area contributed by atoms with Gasteiger partial charge in [-0.1, -0.05) is 35.9 Å². The van der Waals surface area contributed by atoms with Gasteiger partial charge in [0.2, 0.25) is 0 Å². The predicted molar refractivity (Wildman–Crippen MR) is 86.9 cm³/mol. The van der Waals surface area contributed by atoms with Crippen LogP contribution in [0.15, 0.2) is 46.9 Å². The van der Waals surface area contributed by atoms with Crippen molar-refractivity contribution >= 4 is 34.0 Å². The highest BCUT2D eigenvalue weighted by atomic mass is 35.5. The number of methoxy groups -OCH3 is 1. The van der Waals surface area contributed by atoms with E-state index in [-0.39, 0.29) is 5.91 Å². The maximum atomic E-state index is 12.4. The van der Waals surface area contributed by atoms with Crippen molar-refractivity contribution in [3.8, 4) is 5.75 Å². The molecular formula is C17H14ClNO3. The molecule has 0 fully saturated rings. The molecule has 0 saturated carbocycles. The van der Waals surface area contributed by atoms with Gasteiger partial charge >= 0.3 is 0 Å². The summed E-state index contributed by atoms with van der Waals surface area (Å²) in [6.45, 7) is 1.84. The monoisotopic (exact) mass is 315 g/mol. The molecular weight excluding hydrogens is 302 g/mol. The molecule has 0 unspecified atom stereocenters. The van der Waals surface area contributed by atoms with Gasteiger partial charge in [-0.2, -0.15) is 0 Å². The number of halogens is 1. The number of hydrogen-bond acceptors (Lipinski definition) is 3. The first-order valence-electron chi connectivity index (χ1n) is 6.73. The zero-order valence-corrected chi connectivity index (χ0v) is 12.9. The van der Waals surface area contributed by atoms with Gasteiger partial charge in [-0.05, 0) is 25.1 Å². The van der Waals surface area contributed by atoms with E-state index < -0.39 is 0 Å². The second-order valence-corrected chi connectivity index (χ2v) is 5.24. The maximum Gasteiger partial charge on any atom is 0.292 e. The largest absolute Gasteiger partial charge is 0.495 e. The van der Waals surface area contributed by atoms with Gasteiger partial charge < -0.3 is 14.5 Å². The zero-order valence-electron chi connectivity index (χ0n) is 12.1. The van der Waals surface area contributed by atoms with E-state index in [0.29, 0.717) is 28.0 Å². The molecule has 1 amide bonds. The van der Waals surface area contributed by atoms with Gasteiger partial charge in [0.25, 0.3) is 5.91 Å². The average molecular weight is 316 g/mol. The summed E-state index contributed by atoms with van der Waals surface area (Å²) in [5.74, 6) is 1.25. The van der Waals surface area contributed by atoms with Crippen LogP contribution in [-0.4, -0.2) is 13.0 Å². The van der Waals surface area contributed by atoms with Crippen LogP contribution >= 0.6 is 11.6 Å². The maximum absolute atomic E-state index is 12.4. The highest BCUT2D eigenvalue weighted by Gasteiger charge is 2.17. The Hall–Kier alpha value is -2.46. The second kappa shape index (κ2) is 5.73. The van der Waals surface area contributed by atoms with E-state index in [2.05, 4.69) is 5.32 Å². The lowest BCUT2D eigenvalue weighted by Crippen LogP contribution is -2.11. The van der Waals surface area contributed by atoms with Crippen molar-refractivity contribution in [2.75, 3.05) is 12.4 Å². The van der Waals surface area contributed by atoms with Crippen LogP contribution in [-0.2, 0) is 0 Å². The number of amides is 1. The van der Waals surface area contributed by atoms with Crippen LogP contribution < -0.4 is 10.1 Å².